The maximum atomic E-state index is 14.2. The summed E-state index contributed by atoms with van der Waals surface area (Å²) >= 11 is 0. The second kappa shape index (κ2) is 9.88. The summed E-state index contributed by atoms with van der Waals surface area (Å²) in [6.07, 6.45) is 9.12. The van der Waals surface area contributed by atoms with E-state index in [0.717, 1.165) is 37.2 Å². The lowest BCUT2D eigenvalue weighted by Gasteiger charge is -2.15. The molecule has 0 saturated heterocycles. The Morgan fingerprint density at radius 3 is 2.58 bits per heavy atom. The highest BCUT2D eigenvalue weighted by molar-refractivity contribution is 7.90. The third-order valence-electron chi connectivity index (χ3n) is 7.66. The second-order valence-corrected chi connectivity index (χ2v) is 12.3. The molecule has 1 aliphatic carbocycles. The van der Waals surface area contributed by atoms with Gasteiger partial charge in [-0.25, -0.2) is 22.1 Å². The maximum absolute atomic E-state index is 14.2. The minimum absolute atomic E-state index is 0.0452. The lowest BCUT2D eigenvalue weighted by Crippen LogP contribution is -2.30. The van der Waals surface area contributed by atoms with Gasteiger partial charge in [0.25, 0.3) is 10.0 Å². The first-order chi connectivity index (χ1) is 20.7. The molecule has 3 N–H and O–H groups in total. The molecule has 1 aliphatic rings. The number of imidazole rings is 1. The zero-order chi connectivity index (χ0) is 29.9. The zero-order valence-electron chi connectivity index (χ0n) is 23.3. The van der Waals surface area contributed by atoms with Gasteiger partial charge in [-0.3, -0.25) is 4.79 Å². The van der Waals surface area contributed by atoms with Crippen molar-refractivity contribution in [1.29, 1.82) is 0 Å². The van der Waals surface area contributed by atoms with Gasteiger partial charge in [-0.05, 0) is 62.2 Å². The Kier molecular flexibility index (Phi) is 6.10. The number of carbonyl (C=O) groups excluding carboxylic acids is 1. The molecule has 4 aromatic heterocycles. The number of fused-ring (bicyclic) bond motifs is 2. The predicted molar refractivity (Wildman–Crippen MR) is 162 cm³/mol. The van der Waals surface area contributed by atoms with E-state index in [-0.39, 0.29) is 28.0 Å². The molecule has 0 amide bonds. The number of nitrogens with two attached hydrogens (primary N) is 1. The first kappa shape index (κ1) is 26.5. The standard InChI is InChI=1S/C31H26N8O3S/c1-18-3-8-24(9-4-18)43(41,42)39-28-13-20(22-11-12-33-34-16-22)5-6-21(28)14-29(39)30(40)25-17-35-38(31(25)32)23-7-10-26-27(15-23)37-19(2)36-26/h3-6,8-17,23H,7,32H2,1-2H3,(H,36,37). The van der Waals surface area contributed by atoms with Crippen LogP contribution >= 0.6 is 0 Å². The summed E-state index contributed by atoms with van der Waals surface area (Å²) in [5, 5.41) is 14.5. The fourth-order valence-corrected chi connectivity index (χ4v) is 6.97. The van der Waals surface area contributed by atoms with Crippen LogP contribution < -0.4 is 16.4 Å². The van der Waals surface area contributed by atoms with Gasteiger partial charge in [0.2, 0.25) is 5.78 Å². The van der Waals surface area contributed by atoms with Crippen LogP contribution in [0, 0.1) is 13.8 Å². The molecule has 214 valence electrons. The van der Waals surface area contributed by atoms with E-state index in [0.29, 0.717) is 17.3 Å². The van der Waals surface area contributed by atoms with Crippen molar-refractivity contribution < 1.29 is 13.2 Å². The maximum Gasteiger partial charge on any atom is 0.268 e. The number of carbonyl (C=O) groups is 1. The minimum Gasteiger partial charge on any atom is -0.383 e. The highest BCUT2D eigenvalue weighted by atomic mass is 32.2. The highest BCUT2D eigenvalue weighted by Gasteiger charge is 2.30. The first-order valence-corrected chi connectivity index (χ1v) is 15.0. The highest BCUT2D eigenvalue weighted by Crippen LogP contribution is 2.32. The van der Waals surface area contributed by atoms with E-state index in [9.17, 15) is 13.2 Å². The lowest BCUT2D eigenvalue weighted by molar-refractivity contribution is 0.103. The number of aryl methyl sites for hydroxylation is 2. The van der Waals surface area contributed by atoms with Crippen LogP contribution in [-0.4, -0.2) is 48.1 Å². The molecule has 2 aromatic carbocycles. The van der Waals surface area contributed by atoms with E-state index in [1.807, 2.05) is 32.1 Å². The number of anilines is 1. The van der Waals surface area contributed by atoms with Gasteiger partial charge in [0.1, 0.15) is 17.3 Å². The van der Waals surface area contributed by atoms with Crippen LogP contribution in [0.1, 0.15) is 39.9 Å². The summed E-state index contributed by atoms with van der Waals surface area (Å²) in [6, 6.07) is 15.0. The quantitative estimate of drug-likeness (QED) is 0.281. The van der Waals surface area contributed by atoms with Gasteiger partial charge >= 0.3 is 0 Å². The van der Waals surface area contributed by atoms with Crippen LogP contribution in [0.4, 0.5) is 5.82 Å². The molecule has 0 aliphatic heterocycles. The molecule has 12 heteroatoms. The molecule has 4 heterocycles. The van der Waals surface area contributed by atoms with Crippen LogP contribution in [0.2, 0.25) is 0 Å². The second-order valence-electron chi connectivity index (χ2n) is 10.5. The normalized spacial score (nSPS) is 14.7. The summed E-state index contributed by atoms with van der Waals surface area (Å²) in [5.74, 6) is 0.385. The molecular weight excluding hydrogens is 564 g/mol. The molecule has 1 unspecified atom stereocenters. The van der Waals surface area contributed by atoms with Crippen LogP contribution in [0.3, 0.4) is 0 Å². The Morgan fingerprint density at radius 1 is 1.00 bits per heavy atom. The smallest absolute Gasteiger partial charge is 0.268 e. The summed E-state index contributed by atoms with van der Waals surface area (Å²) in [7, 11) is -4.20. The molecule has 0 fully saturated rings. The molecule has 43 heavy (non-hydrogen) atoms. The number of rotatable bonds is 6. The Balaban J connectivity index is 1.38. The molecule has 0 bridgehead atoms. The van der Waals surface area contributed by atoms with Crippen molar-refractivity contribution in [1.82, 2.24) is 33.9 Å². The monoisotopic (exact) mass is 590 g/mol. The van der Waals surface area contributed by atoms with Crippen molar-refractivity contribution >= 4 is 44.7 Å². The van der Waals surface area contributed by atoms with E-state index in [1.54, 1.807) is 53.5 Å². The number of ketones is 1. The Hall–Kier alpha value is -5.36. The fraction of sp³-hybridized carbons (Fsp3) is 0.129. The van der Waals surface area contributed by atoms with Crippen molar-refractivity contribution in [2.24, 2.45) is 0 Å². The van der Waals surface area contributed by atoms with E-state index in [4.69, 9.17) is 5.73 Å². The van der Waals surface area contributed by atoms with Gasteiger partial charge in [-0.1, -0.05) is 35.9 Å². The summed E-state index contributed by atoms with van der Waals surface area (Å²) in [4.78, 5) is 21.9. The number of aromatic nitrogens is 7. The van der Waals surface area contributed by atoms with Gasteiger partial charge < -0.3 is 10.7 Å². The van der Waals surface area contributed by atoms with Crippen molar-refractivity contribution in [2.75, 3.05) is 5.73 Å². The summed E-state index contributed by atoms with van der Waals surface area (Å²) < 4.78 is 31.1. The summed E-state index contributed by atoms with van der Waals surface area (Å²) in [6.45, 7) is 3.76. The molecule has 0 saturated carbocycles. The van der Waals surface area contributed by atoms with Crippen LogP contribution in [-0.2, 0) is 10.0 Å². The van der Waals surface area contributed by atoms with E-state index >= 15 is 0 Å². The van der Waals surface area contributed by atoms with Gasteiger partial charge in [0.05, 0.1) is 51.3 Å². The Bertz CT molecular complexity index is 2280. The number of hydrogen-bond acceptors (Lipinski definition) is 8. The molecule has 1 atom stereocenters. The first-order valence-electron chi connectivity index (χ1n) is 13.6. The fourth-order valence-electron chi connectivity index (χ4n) is 5.47. The molecule has 7 rings (SSSR count). The van der Waals surface area contributed by atoms with E-state index < -0.39 is 15.8 Å². The van der Waals surface area contributed by atoms with Crippen LogP contribution in [0.5, 0.6) is 0 Å². The van der Waals surface area contributed by atoms with Crippen molar-refractivity contribution in [3.63, 3.8) is 0 Å². The third kappa shape index (κ3) is 4.43. The third-order valence-corrected chi connectivity index (χ3v) is 9.40. The van der Waals surface area contributed by atoms with E-state index in [2.05, 4.69) is 25.3 Å². The summed E-state index contributed by atoms with van der Waals surface area (Å²) in [5.41, 5.74) is 9.33. The van der Waals surface area contributed by atoms with Gasteiger partial charge in [-0.2, -0.15) is 15.3 Å². The molecule has 0 spiro atoms. The number of H-pyrrole nitrogens is 1. The average molecular weight is 591 g/mol. The van der Waals surface area contributed by atoms with Gasteiger partial charge in [0.15, 0.2) is 0 Å². The average Bonchev–Trinajstić information content (AvgIpc) is 3.70. The number of hydrogen-bond donors (Lipinski definition) is 2. The lowest BCUT2D eigenvalue weighted by atomic mass is 10.1. The topological polar surface area (TPSA) is 154 Å². The van der Waals surface area contributed by atoms with E-state index in [1.165, 1.54) is 18.3 Å². The molecule has 11 nitrogen and oxygen atoms in total. The minimum atomic E-state index is -4.20. The number of nitrogens with one attached hydrogen (secondary N) is 1. The Labute approximate surface area is 246 Å². The number of nitrogen functional groups attached to an aromatic ring is 1. The largest absolute Gasteiger partial charge is 0.383 e. The van der Waals surface area contributed by atoms with Crippen molar-refractivity contribution in [3.05, 3.63) is 107 Å². The number of nitrogens with zero attached hydrogens (tertiary/aromatic N) is 6. The van der Waals surface area contributed by atoms with Crippen molar-refractivity contribution in [3.8, 4) is 11.1 Å². The SMILES string of the molecule is Cc1ccc(S(=O)(=O)n2c(C(=O)c3cnn(C4C=c5nc(C)[nH]c5=CC4)c3N)cc3ccc(-c4ccnnc4)cc32)cc1. The predicted octanol–water partition coefficient (Wildman–Crippen LogP) is 2.89. The van der Waals surface area contributed by atoms with Crippen molar-refractivity contribution in [2.45, 2.75) is 31.2 Å². The number of benzene rings is 2. The Morgan fingerprint density at radius 2 is 1.81 bits per heavy atom. The zero-order valence-corrected chi connectivity index (χ0v) is 24.1. The van der Waals surface area contributed by atoms with Crippen LogP contribution in [0.25, 0.3) is 34.2 Å². The molecule has 6 aromatic rings. The van der Waals surface area contributed by atoms with Crippen LogP contribution in [0.15, 0.2) is 78.1 Å². The molecule has 0 radical (unpaired) electrons. The van der Waals surface area contributed by atoms with Gasteiger partial charge in [0, 0.05) is 10.9 Å². The van der Waals surface area contributed by atoms with Gasteiger partial charge in [-0.15, -0.1) is 0 Å². The number of aromatic amines is 1. The molecular formula is C31H26N8O3S.